The summed E-state index contributed by atoms with van der Waals surface area (Å²) in [5.74, 6) is 0.631. The number of aromatic nitrogens is 2. The van der Waals surface area contributed by atoms with Crippen molar-refractivity contribution in [3.05, 3.63) is 51.6 Å². The monoisotopic (exact) mass is 338 g/mol. The Morgan fingerprint density at radius 2 is 1.92 bits per heavy atom. The van der Waals surface area contributed by atoms with Crippen molar-refractivity contribution in [2.45, 2.75) is 63.9 Å². The molecule has 1 N–H and O–H groups in total. The lowest BCUT2D eigenvalue weighted by Gasteiger charge is -2.38. The second-order valence-electron chi connectivity index (χ2n) is 7.40. The molecule has 1 spiro atoms. The molecule has 0 radical (unpaired) electrons. The van der Waals surface area contributed by atoms with E-state index in [2.05, 4.69) is 23.2 Å². The highest BCUT2D eigenvalue weighted by Crippen LogP contribution is 2.47. The molecule has 0 saturated heterocycles. The molecule has 2 aromatic rings. The normalized spacial score (nSPS) is 18.4. The van der Waals surface area contributed by atoms with Crippen molar-refractivity contribution in [2.24, 2.45) is 0 Å². The van der Waals surface area contributed by atoms with Gasteiger partial charge < -0.3 is 9.72 Å². The minimum absolute atomic E-state index is 0.0381. The van der Waals surface area contributed by atoms with Crippen LogP contribution in [0.2, 0.25) is 0 Å². The third-order valence-electron chi connectivity index (χ3n) is 5.80. The van der Waals surface area contributed by atoms with E-state index in [4.69, 9.17) is 9.72 Å². The van der Waals surface area contributed by atoms with Crippen molar-refractivity contribution in [1.29, 1.82) is 0 Å². The molecule has 0 amide bonds. The zero-order valence-corrected chi connectivity index (χ0v) is 14.9. The maximum absolute atomic E-state index is 13.1. The average molecular weight is 338 g/mol. The van der Waals surface area contributed by atoms with Crippen LogP contribution in [0.25, 0.3) is 11.3 Å². The maximum atomic E-state index is 13.1. The van der Waals surface area contributed by atoms with Gasteiger partial charge in [-0.25, -0.2) is 4.98 Å². The summed E-state index contributed by atoms with van der Waals surface area (Å²) in [5, 5.41) is 0. The molecule has 1 fully saturated rings. The standard InChI is InChI=1S/C21H26N2O2/c1-2-25-14-17-22-19-16-10-6-5-9-15(16)13-21(18(19)20(24)23-17)11-7-3-4-8-12-21/h5-6,9-10H,2-4,7-8,11-14H2,1H3,(H,22,23,24). The molecule has 0 aliphatic heterocycles. The number of H-pyrrole nitrogens is 1. The molecule has 2 aliphatic rings. The highest BCUT2D eigenvalue weighted by Gasteiger charge is 2.42. The van der Waals surface area contributed by atoms with E-state index in [0.717, 1.165) is 36.1 Å². The van der Waals surface area contributed by atoms with E-state index in [-0.39, 0.29) is 11.0 Å². The largest absolute Gasteiger partial charge is 0.374 e. The van der Waals surface area contributed by atoms with Gasteiger partial charge in [-0.05, 0) is 31.7 Å². The highest BCUT2D eigenvalue weighted by atomic mass is 16.5. The molecule has 0 unspecified atom stereocenters. The van der Waals surface area contributed by atoms with Gasteiger partial charge in [0.15, 0.2) is 0 Å². The predicted molar refractivity (Wildman–Crippen MR) is 98.7 cm³/mol. The van der Waals surface area contributed by atoms with Crippen LogP contribution in [-0.2, 0) is 23.2 Å². The van der Waals surface area contributed by atoms with Crippen molar-refractivity contribution in [3.63, 3.8) is 0 Å². The molecule has 1 aromatic carbocycles. The molecule has 4 heteroatoms. The summed E-state index contributed by atoms with van der Waals surface area (Å²) >= 11 is 0. The fraction of sp³-hybridized carbons (Fsp3) is 0.524. The van der Waals surface area contributed by atoms with E-state index in [9.17, 15) is 4.79 Å². The Morgan fingerprint density at radius 3 is 2.68 bits per heavy atom. The molecule has 0 bridgehead atoms. The van der Waals surface area contributed by atoms with Gasteiger partial charge >= 0.3 is 0 Å². The smallest absolute Gasteiger partial charge is 0.255 e. The van der Waals surface area contributed by atoms with Crippen LogP contribution in [0, 0.1) is 0 Å². The van der Waals surface area contributed by atoms with Crippen molar-refractivity contribution < 1.29 is 4.74 Å². The number of nitrogens with zero attached hydrogens (tertiary/aromatic N) is 1. The van der Waals surface area contributed by atoms with Crippen LogP contribution < -0.4 is 5.56 Å². The summed E-state index contributed by atoms with van der Waals surface area (Å²) in [6.07, 6.45) is 8.07. The second kappa shape index (κ2) is 6.75. The second-order valence-corrected chi connectivity index (χ2v) is 7.40. The Balaban J connectivity index is 1.91. The van der Waals surface area contributed by atoms with E-state index in [1.807, 2.05) is 13.0 Å². The van der Waals surface area contributed by atoms with Gasteiger partial charge in [0.05, 0.1) is 11.3 Å². The predicted octanol–water partition coefficient (Wildman–Crippen LogP) is 4.12. The fourth-order valence-corrected chi connectivity index (χ4v) is 4.66. The van der Waals surface area contributed by atoms with Crippen molar-refractivity contribution in [2.75, 3.05) is 6.61 Å². The van der Waals surface area contributed by atoms with Crippen molar-refractivity contribution in [1.82, 2.24) is 9.97 Å². The molecule has 1 heterocycles. The zero-order chi connectivity index (χ0) is 17.3. The first-order valence-electron chi connectivity index (χ1n) is 9.53. The Labute approximate surface area is 148 Å². The van der Waals surface area contributed by atoms with Gasteiger partial charge in [-0.1, -0.05) is 49.9 Å². The molecule has 132 valence electrons. The first kappa shape index (κ1) is 16.5. The van der Waals surface area contributed by atoms with E-state index in [1.54, 1.807) is 0 Å². The number of nitrogens with one attached hydrogen (secondary N) is 1. The third kappa shape index (κ3) is 2.93. The molecular weight excluding hydrogens is 312 g/mol. The lowest BCUT2D eigenvalue weighted by Crippen LogP contribution is -2.39. The third-order valence-corrected chi connectivity index (χ3v) is 5.80. The van der Waals surface area contributed by atoms with Crippen LogP contribution in [0.5, 0.6) is 0 Å². The van der Waals surface area contributed by atoms with Crippen LogP contribution in [0.15, 0.2) is 29.1 Å². The Bertz CT molecular complexity index is 817. The molecule has 25 heavy (non-hydrogen) atoms. The first-order chi connectivity index (χ1) is 12.2. The van der Waals surface area contributed by atoms with Crippen LogP contribution in [-0.4, -0.2) is 16.6 Å². The summed E-state index contributed by atoms with van der Waals surface area (Å²) < 4.78 is 5.48. The van der Waals surface area contributed by atoms with Gasteiger partial charge in [0.25, 0.3) is 5.56 Å². The summed E-state index contributed by atoms with van der Waals surface area (Å²) in [6, 6.07) is 8.45. The lowest BCUT2D eigenvalue weighted by molar-refractivity contribution is 0.128. The van der Waals surface area contributed by atoms with Crippen molar-refractivity contribution >= 4 is 0 Å². The number of aromatic amines is 1. The van der Waals surface area contributed by atoms with E-state index in [0.29, 0.717) is 19.0 Å². The quantitative estimate of drug-likeness (QED) is 0.916. The van der Waals surface area contributed by atoms with Gasteiger partial charge in [0.2, 0.25) is 0 Å². The van der Waals surface area contributed by atoms with E-state index < -0.39 is 0 Å². The SMILES string of the molecule is CCOCc1nc2c(c(=O)[nH]1)C1(CCCCCC1)Cc1ccccc1-2. The van der Waals surface area contributed by atoms with Gasteiger partial charge in [-0.3, -0.25) is 4.79 Å². The molecule has 4 nitrogen and oxygen atoms in total. The van der Waals surface area contributed by atoms with Gasteiger partial charge in [0, 0.05) is 17.6 Å². The minimum Gasteiger partial charge on any atom is -0.374 e. The number of hydrogen-bond acceptors (Lipinski definition) is 3. The Kier molecular flexibility index (Phi) is 4.46. The molecule has 0 atom stereocenters. The maximum Gasteiger partial charge on any atom is 0.255 e. The van der Waals surface area contributed by atoms with Crippen molar-refractivity contribution in [3.8, 4) is 11.3 Å². The average Bonchev–Trinajstić information content (AvgIpc) is 2.85. The van der Waals surface area contributed by atoms with Crippen LogP contribution in [0.3, 0.4) is 0 Å². The van der Waals surface area contributed by atoms with Gasteiger partial charge in [0.1, 0.15) is 12.4 Å². The topological polar surface area (TPSA) is 55.0 Å². The Hall–Kier alpha value is -1.94. The summed E-state index contributed by atoms with van der Waals surface area (Å²) in [4.78, 5) is 20.9. The minimum atomic E-state index is -0.0507. The summed E-state index contributed by atoms with van der Waals surface area (Å²) in [6.45, 7) is 2.92. The van der Waals surface area contributed by atoms with E-state index >= 15 is 0 Å². The first-order valence-corrected chi connectivity index (χ1v) is 9.53. The Morgan fingerprint density at radius 1 is 1.16 bits per heavy atom. The van der Waals surface area contributed by atoms with Crippen LogP contribution in [0.1, 0.15) is 62.4 Å². The number of fused-ring (bicyclic) bond motifs is 4. The van der Waals surface area contributed by atoms with Gasteiger partial charge in [-0.2, -0.15) is 0 Å². The molecule has 1 aromatic heterocycles. The van der Waals surface area contributed by atoms with Crippen LogP contribution >= 0.6 is 0 Å². The fourth-order valence-electron chi connectivity index (χ4n) is 4.66. The van der Waals surface area contributed by atoms with E-state index in [1.165, 1.54) is 31.2 Å². The number of rotatable bonds is 3. The molecule has 4 rings (SSSR count). The zero-order valence-electron chi connectivity index (χ0n) is 14.9. The lowest BCUT2D eigenvalue weighted by atomic mass is 9.65. The summed E-state index contributed by atoms with van der Waals surface area (Å²) in [5.41, 5.74) is 4.26. The number of hydrogen-bond donors (Lipinski definition) is 1. The van der Waals surface area contributed by atoms with Crippen LogP contribution in [0.4, 0.5) is 0 Å². The molecule has 2 aliphatic carbocycles. The molecular formula is C21H26N2O2. The number of benzene rings is 1. The number of ether oxygens (including phenoxy) is 1. The molecule has 1 saturated carbocycles. The van der Waals surface area contributed by atoms with Gasteiger partial charge in [-0.15, -0.1) is 0 Å². The highest BCUT2D eigenvalue weighted by molar-refractivity contribution is 5.71. The summed E-state index contributed by atoms with van der Waals surface area (Å²) in [7, 11) is 0.